The van der Waals surface area contributed by atoms with Crippen molar-refractivity contribution >= 4 is 17.0 Å². The summed E-state index contributed by atoms with van der Waals surface area (Å²) in [6.45, 7) is 0.429. The fourth-order valence-electron chi connectivity index (χ4n) is 2.70. The molecule has 134 valence electrons. The first-order valence-electron chi connectivity index (χ1n) is 8.45. The zero-order valence-corrected chi connectivity index (χ0v) is 14.7. The van der Waals surface area contributed by atoms with Gasteiger partial charge in [-0.25, -0.2) is 4.98 Å². The summed E-state index contributed by atoms with van der Waals surface area (Å²) in [7, 11) is 1.62. The second-order valence-corrected chi connectivity index (χ2v) is 5.97. The standard InChI is InChI=1S/C21H17N3O3/c1-26-17-8-9-19-18(11-17)24-21(27-19)15-6-4-14(5-7-15)12-23-20(25)16-3-2-10-22-13-16/h2-11,13H,12H2,1H3,(H,23,25). The van der Waals surface area contributed by atoms with E-state index in [0.717, 1.165) is 22.4 Å². The van der Waals surface area contributed by atoms with Gasteiger partial charge in [0.25, 0.3) is 5.91 Å². The molecule has 0 saturated carbocycles. The summed E-state index contributed by atoms with van der Waals surface area (Å²) in [4.78, 5) is 20.5. The van der Waals surface area contributed by atoms with Crippen molar-refractivity contribution in [3.8, 4) is 17.2 Å². The van der Waals surface area contributed by atoms with Gasteiger partial charge < -0.3 is 14.5 Å². The van der Waals surface area contributed by atoms with Crippen LogP contribution in [0.25, 0.3) is 22.6 Å². The normalized spacial score (nSPS) is 10.7. The summed E-state index contributed by atoms with van der Waals surface area (Å²) >= 11 is 0. The van der Waals surface area contributed by atoms with Gasteiger partial charge >= 0.3 is 0 Å². The van der Waals surface area contributed by atoms with E-state index >= 15 is 0 Å². The van der Waals surface area contributed by atoms with Crippen LogP contribution < -0.4 is 10.1 Å². The average molecular weight is 359 g/mol. The number of aromatic nitrogens is 2. The van der Waals surface area contributed by atoms with Crippen molar-refractivity contribution in [2.45, 2.75) is 6.54 Å². The predicted molar refractivity (Wildman–Crippen MR) is 101 cm³/mol. The van der Waals surface area contributed by atoms with Crippen LogP contribution in [0.1, 0.15) is 15.9 Å². The van der Waals surface area contributed by atoms with E-state index in [-0.39, 0.29) is 5.91 Å². The van der Waals surface area contributed by atoms with Gasteiger partial charge in [-0.1, -0.05) is 12.1 Å². The smallest absolute Gasteiger partial charge is 0.253 e. The molecule has 6 nitrogen and oxygen atoms in total. The minimum atomic E-state index is -0.153. The fourth-order valence-corrected chi connectivity index (χ4v) is 2.70. The molecule has 0 atom stereocenters. The molecular weight excluding hydrogens is 342 g/mol. The lowest BCUT2D eigenvalue weighted by Crippen LogP contribution is -2.22. The molecule has 0 bridgehead atoms. The van der Waals surface area contributed by atoms with Gasteiger partial charge in [0.05, 0.1) is 12.7 Å². The Kier molecular flexibility index (Phi) is 4.53. The number of nitrogens with one attached hydrogen (secondary N) is 1. The fraction of sp³-hybridized carbons (Fsp3) is 0.0952. The highest BCUT2D eigenvalue weighted by Gasteiger charge is 2.10. The van der Waals surface area contributed by atoms with E-state index in [9.17, 15) is 4.79 Å². The predicted octanol–water partition coefficient (Wildman–Crippen LogP) is 3.83. The molecule has 0 radical (unpaired) electrons. The Labute approximate surface area is 155 Å². The number of carbonyl (C=O) groups is 1. The van der Waals surface area contributed by atoms with Crippen molar-refractivity contribution in [2.24, 2.45) is 0 Å². The molecular formula is C21H17N3O3. The first-order chi connectivity index (χ1) is 13.2. The largest absolute Gasteiger partial charge is 0.497 e. The molecule has 27 heavy (non-hydrogen) atoms. The van der Waals surface area contributed by atoms with Crippen LogP contribution in [0.4, 0.5) is 0 Å². The second-order valence-electron chi connectivity index (χ2n) is 5.97. The van der Waals surface area contributed by atoms with E-state index in [1.165, 1.54) is 0 Å². The molecule has 1 N–H and O–H groups in total. The van der Waals surface area contributed by atoms with Gasteiger partial charge in [-0.3, -0.25) is 9.78 Å². The Balaban J connectivity index is 1.46. The molecule has 4 aromatic rings. The summed E-state index contributed by atoms with van der Waals surface area (Å²) in [5.41, 5.74) is 3.84. The molecule has 2 heterocycles. The molecule has 0 saturated heterocycles. The third-order valence-electron chi connectivity index (χ3n) is 4.17. The van der Waals surface area contributed by atoms with Crippen molar-refractivity contribution in [3.05, 3.63) is 78.1 Å². The van der Waals surface area contributed by atoms with Gasteiger partial charge in [-0.15, -0.1) is 0 Å². The van der Waals surface area contributed by atoms with Crippen LogP contribution in [0.15, 0.2) is 71.4 Å². The number of amides is 1. The van der Waals surface area contributed by atoms with Crippen molar-refractivity contribution in [1.29, 1.82) is 0 Å². The lowest BCUT2D eigenvalue weighted by Gasteiger charge is -2.05. The first kappa shape index (κ1) is 16.8. The van der Waals surface area contributed by atoms with Crippen LogP contribution >= 0.6 is 0 Å². The van der Waals surface area contributed by atoms with E-state index in [0.29, 0.717) is 23.6 Å². The van der Waals surface area contributed by atoms with E-state index in [2.05, 4.69) is 15.3 Å². The van der Waals surface area contributed by atoms with Crippen molar-refractivity contribution < 1.29 is 13.9 Å². The molecule has 0 aliphatic carbocycles. The van der Waals surface area contributed by atoms with Gasteiger partial charge in [-0.2, -0.15) is 0 Å². The monoisotopic (exact) mass is 359 g/mol. The summed E-state index contributed by atoms with van der Waals surface area (Å²) in [5, 5.41) is 2.88. The van der Waals surface area contributed by atoms with Crippen LogP contribution in [-0.4, -0.2) is 23.0 Å². The summed E-state index contributed by atoms with van der Waals surface area (Å²) < 4.78 is 11.0. The number of fused-ring (bicyclic) bond motifs is 1. The highest BCUT2D eigenvalue weighted by Crippen LogP contribution is 2.27. The van der Waals surface area contributed by atoms with E-state index in [1.54, 1.807) is 31.6 Å². The van der Waals surface area contributed by atoms with Gasteiger partial charge in [-0.05, 0) is 42.0 Å². The Hall–Kier alpha value is -3.67. The molecule has 1 amide bonds. The Morgan fingerprint density at radius 2 is 2.00 bits per heavy atom. The average Bonchev–Trinajstić information content (AvgIpc) is 3.16. The summed E-state index contributed by atoms with van der Waals surface area (Å²) in [6.07, 6.45) is 3.18. The van der Waals surface area contributed by atoms with E-state index in [1.807, 2.05) is 42.5 Å². The Bertz CT molecular complexity index is 1070. The number of oxazole rings is 1. The maximum Gasteiger partial charge on any atom is 0.253 e. The van der Waals surface area contributed by atoms with Crippen LogP contribution in [0, 0.1) is 0 Å². The maximum atomic E-state index is 12.1. The SMILES string of the molecule is COc1ccc2oc(-c3ccc(CNC(=O)c4cccnc4)cc3)nc2c1. The first-order valence-corrected chi connectivity index (χ1v) is 8.45. The zero-order chi connectivity index (χ0) is 18.6. The van der Waals surface area contributed by atoms with Crippen LogP contribution in [-0.2, 0) is 6.54 Å². The molecule has 0 spiro atoms. The molecule has 2 aromatic heterocycles. The third-order valence-corrected chi connectivity index (χ3v) is 4.17. The number of nitrogens with zero attached hydrogens (tertiary/aromatic N) is 2. The van der Waals surface area contributed by atoms with Crippen molar-refractivity contribution in [3.63, 3.8) is 0 Å². The minimum absolute atomic E-state index is 0.153. The van der Waals surface area contributed by atoms with Gasteiger partial charge in [0.15, 0.2) is 5.58 Å². The van der Waals surface area contributed by atoms with E-state index < -0.39 is 0 Å². The van der Waals surface area contributed by atoms with Crippen LogP contribution in [0.3, 0.4) is 0 Å². The Morgan fingerprint density at radius 1 is 1.15 bits per heavy atom. The van der Waals surface area contributed by atoms with Crippen molar-refractivity contribution in [2.75, 3.05) is 7.11 Å². The molecule has 2 aromatic carbocycles. The molecule has 0 unspecified atom stereocenters. The van der Waals surface area contributed by atoms with Crippen molar-refractivity contribution in [1.82, 2.24) is 15.3 Å². The van der Waals surface area contributed by atoms with Crippen LogP contribution in [0.2, 0.25) is 0 Å². The van der Waals surface area contributed by atoms with Gasteiger partial charge in [0.1, 0.15) is 11.3 Å². The molecule has 0 aliphatic heterocycles. The molecule has 0 fully saturated rings. The van der Waals surface area contributed by atoms with E-state index in [4.69, 9.17) is 9.15 Å². The third kappa shape index (κ3) is 3.64. The number of carbonyl (C=O) groups excluding carboxylic acids is 1. The Morgan fingerprint density at radius 3 is 2.74 bits per heavy atom. The number of methoxy groups -OCH3 is 1. The van der Waals surface area contributed by atoms with Gasteiger partial charge in [0, 0.05) is 30.6 Å². The molecule has 0 aliphatic rings. The number of hydrogen-bond donors (Lipinski definition) is 1. The molecule has 6 heteroatoms. The number of hydrogen-bond acceptors (Lipinski definition) is 5. The summed E-state index contributed by atoms with van der Waals surface area (Å²) in [6, 6.07) is 16.7. The maximum absolute atomic E-state index is 12.1. The summed E-state index contributed by atoms with van der Waals surface area (Å²) in [5.74, 6) is 1.13. The minimum Gasteiger partial charge on any atom is -0.497 e. The number of pyridine rings is 1. The molecule has 4 rings (SSSR count). The zero-order valence-electron chi connectivity index (χ0n) is 14.7. The number of ether oxygens (including phenoxy) is 1. The lowest BCUT2D eigenvalue weighted by molar-refractivity contribution is 0.0950. The lowest BCUT2D eigenvalue weighted by atomic mass is 10.1. The number of rotatable bonds is 5. The van der Waals surface area contributed by atoms with Gasteiger partial charge in [0.2, 0.25) is 5.89 Å². The highest BCUT2D eigenvalue weighted by atomic mass is 16.5. The quantitative estimate of drug-likeness (QED) is 0.586. The topological polar surface area (TPSA) is 77.2 Å². The second kappa shape index (κ2) is 7.29. The number of benzene rings is 2. The highest BCUT2D eigenvalue weighted by molar-refractivity contribution is 5.93. The van der Waals surface area contributed by atoms with Crippen LogP contribution in [0.5, 0.6) is 5.75 Å².